The van der Waals surface area contributed by atoms with Crippen LogP contribution in [0.2, 0.25) is 0 Å². The van der Waals surface area contributed by atoms with Gasteiger partial charge in [-0.05, 0) is 42.0 Å². The Labute approximate surface area is 177 Å². The number of nitrogens with zero attached hydrogens (tertiary/aromatic N) is 1. The summed E-state index contributed by atoms with van der Waals surface area (Å²) in [6.45, 7) is 0.161. The van der Waals surface area contributed by atoms with Crippen LogP contribution in [-0.4, -0.2) is 17.0 Å². The number of anilines is 1. The summed E-state index contributed by atoms with van der Waals surface area (Å²) in [5.74, 6) is -1.94. The zero-order valence-corrected chi connectivity index (χ0v) is 16.2. The Morgan fingerprint density at radius 3 is 2.39 bits per heavy atom. The third kappa shape index (κ3) is 5.55. The molecule has 0 unspecified atom stereocenters. The maximum Gasteiger partial charge on any atom is 0.335 e. The van der Waals surface area contributed by atoms with Gasteiger partial charge >= 0.3 is 5.97 Å². The van der Waals surface area contributed by atoms with Gasteiger partial charge in [0, 0.05) is 5.56 Å². The highest BCUT2D eigenvalue weighted by atomic mass is 19.1. The fourth-order valence-electron chi connectivity index (χ4n) is 2.69. The molecule has 0 saturated heterocycles. The van der Waals surface area contributed by atoms with Crippen LogP contribution < -0.4 is 10.1 Å². The highest BCUT2D eigenvalue weighted by Gasteiger charge is 2.13. The lowest BCUT2D eigenvalue weighted by Gasteiger charge is -2.10. The van der Waals surface area contributed by atoms with Gasteiger partial charge in [-0.2, -0.15) is 5.26 Å². The van der Waals surface area contributed by atoms with Crippen LogP contribution in [0.5, 0.6) is 5.75 Å². The normalized spacial score (nSPS) is 10.8. The first kappa shape index (κ1) is 21.3. The lowest BCUT2D eigenvalue weighted by molar-refractivity contribution is -0.112. The summed E-state index contributed by atoms with van der Waals surface area (Å²) in [5.41, 5.74) is 1.17. The van der Waals surface area contributed by atoms with Gasteiger partial charge in [-0.25, -0.2) is 9.18 Å². The molecule has 0 aliphatic rings. The van der Waals surface area contributed by atoms with E-state index in [9.17, 15) is 19.2 Å². The number of rotatable bonds is 7. The first-order valence-corrected chi connectivity index (χ1v) is 9.19. The molecule has 31 heavy (non-hydrogen) atoms. The molecule has 0 radical (unpaired) electrons. The standard InChI is InChI=1S/C24H17FN2O4/c25-20-6-2-3-7-21(20)27-23(28)19(14-26)13-18-5-1-4-8-22(18)31-15-16-9-11-17(12-10-16)24(29)30/h1-13H,15H2,(H,27,28)(H,29,30)/b19-13-. The van der Waals surface area contributed by atoms with E-state index >= 15 is 0 Å². The molecule has 3 rings (SSSR count). The van der Waals surface area contributed by atoms with Crippen LogP contribution in [0.15, 0.2) is 78.4 Å². The number of carbonyl (C=O) groups excluding carboxylic acids is 1. The molecule has 6 nitrogen and oxygen atoms in total. The summed E-state index contributed by atoms with van der Waals surface area (Å²) >= 11 is 0. The number of carboxylic acids is 1. The Morgan fingerprint density at radius 2 is 1.71 bits per heavy atom. The number of carboxylic acid groups (broad SMARTS) is 1. The summed E-state index contributed by atoms with van der Waals surface area (Å²) < 4.78 is 19.6. The molecule has 2 N–H and O–H groups in total. The number of para-hydroxylation sites is 2. The van der Waals surface area contributed by atoms with Crippen LogP contribution in [-0.2, 0) is 11.4 Å². The molecule has 0 aliphatic heterocycles. The van der Waals surface area contributed by atoms with Gasteiger partial charge in [0.05, 0.1) is 11.3 Å². The van der Waals surface area contributed by atoms with Gasteiger partial charge in [0.15, 0.2) is 0 Å². The van der Waals surface area contributed by atoms with Crippen LogP contribution in [0.25, 0.3) is 6.08 Å². The fraction of sp³-hybridized carbons (Fsp3) is 0.0417. The Balaban J connectivity index is 1.77. The maximum atomic E-state index is 13.8. The Hall–Kier alpha value is -4.44. The van der Waals surface area contributed by atoms with E-state index in [1.54, 1.807) is 42.5 Å². The Kier molecular flexibility index (Phi) is 6.76. The van der Waals surface area contributed by atoms with Gasteiger partial charge in [0.25, 0.3) is 5.91 Å². The number of ether oxygens (including phenoxy) is 1. The predicted octanol–water partition coefficient (Wildman–Crippen LogP) is 4.65. The van der Waals surface area contributed by atoms with E-state index in [-0.39, 0.29) is 23.4 Å². The van der Waals surface area contributed by atoms with Crippen molar-refractivity contribution in [3.8, 4) is 11.8 Å². The highest BCUT2D eigenvalue weighted by molar-refractivity contribution is 6.09. The molecule has 0 heterocycles. The second-order valence-electron chi connectivity index (χ2n) is 6.43. The van der Waals surface area contributed by atoms with Crippen molar-refractivity contribution in [2.24, 2.45) is 0 Å². The molecular weight excluding hydrogens is 399 g/mol. The van der Waals surface area contributed by atoms with Gasteiger partial charge in [-0.1, -0.05) is 42.5 Å². The minimum absolute atomic E-state index is 0.0250. The smallest absolute Gasteiger partial charge is 0.335 e. The van der Waals surface area contributed by atoms with E-state index in [4.69, 9.17) is 9.84 Å². The van der Waals surface area contributed by atoms with Crippen molar-refractivity contribution < 1.29 is 23.8 Å². The number of nitrogens with one attached hydrogen (secondary N) is 1. The largest absolute Gasteiger partial charge is 0.488 e. The summed E-state index contributed by atoms with van der Waals surface area (Å²) in [5, 5.41) is 20.8. The number of hydrogen-bond acceptors (Lipinski definition) is 4. The summed E-state index contributed by atoms with van der Waals surface area (Å²) in [6.07, 6.45) is 1.36. The SMILES string of the molecule is N#C/C(=C/c1ccccc1OCc1ccc(C(=O)O)cc1)C(=O)Nc1ccccc1F. The van der Waals surface area contributed by atoms with Gasteiger partial charge in [-0.15, -0.1) is 0 Å². The molecule has 154 valence electrons. The van der Waals surface area contributed by atoms with Crippen molar-refractivity contribution >= 4 is 23.6 Å². The number of nitriles is 1. The molecule has 0 bridgehead atoms. The lowest BCUT2D eigenvalue weighted by Crippen LogP contribution is -2.14. The van der Waals surface area contributed by atoms with Gasteiger partial charge in [0.1, 0.15) is 29.8 Å². The Bertz CT molecular complexity index is 1180. The summed E-state index contributed by atoms with van der Waals surface area (Å²) in [6, 6.07) is 20.6. The van der Waals surface area contributed by atoms with E-state index < -0.39 is 17.7 Å². The third-order valence-electron chi connectivity index (χ3n) is 4.30. The number of amides is 1. The van der Waals surface area contributed by atoms with Crippen molar-refractivity contribution in [3.05, 3.63) is 101 Å². The fourth-order valence-corrected chi connectivity index (χ4v) is 2.69. The van der Waals surface area contributed by atoms with Gasteiger partial charge in [0.2, 0.25) is 0 Å². The predicted molar refractivity (Wildman–Crippen MR) is 113 cm³/mol. The quantitative estimate of drug-likeness (QED) is 0.431. The zero-order valence-electron chi connectivity index (χ0n) is 16.2. The van der Waals surface area contributed by atoms with Crippen molar-refractivity contribution in [3.63, 3.8) is 0 Å². The molecule has 0 aliphatic carbocycles. The van der Waals surface area contributed by atoms with Crippen LogP contribution in [0.4, 0.5) is 10.1 Å². The van der Waals surface area contributed by atoms with Crippen molar-refractivity contribution in [2.45, 2.75) is 6.61 Å². The van der Waals surface area contributed by atoms with Crippen molar-refractivity contribution in [1.29, 1.82) is 5.26 Å². The second-order valence-corrected chi connectivity index (χ2v) is 6.43. The number of benzene rings is 3. The number of carbonyl (C=O) groups is 2. The van der Waals surface area contributed by atoms with Crippen LogP contribution in [0.1, 0.15) is 21.5 Å². The molecule has 0 aromatic heterocycles. The third-order valence-corrected chi connectivity index (χ3v) is 4.30. The van der Waals surface area contributed by atoms with Gasteiger partial charge in [-0.3, -0.25) is 4.79 Å². The van der Waals surface area contributed by atoms with E-state index in [0.29, 0.717) is 11.3 Å². The van der Waals surface area contributed by atoms with E-state index in [2.05, 4.69) is 5.32 Å². The average molecular weight is 416 g/mol. The molecule has 0 atom stereocenters. The topological polar surface area (TPSA) is 99.4 Å². The molecule has 0 fully saturated rings. The van der Waals surface area contributed by atoms with Gasteiger partial charge < -0.3 is 15.2 Å². The molecular formula is C24H17FN2O4. The molecule has 7 heteroatoms. The second kappa shape index (κ2) is 9.85. The maximum absolute atomic E-state index is 13.8. The average Bonchev–Trinajstić information content (AvgIpc) is 2.78. The van der Waals surface area contributed by atoms with Crippen LogP contribution in [0.3, 0.4) is 0 Å². The molecule has 3 aromatic carbocycles. The van der Waals surface area contributed by atoms with Crippen LogP contribution >= 0.6 is 0 Å². The zero-order chi connectivity index (χ0) is 22.2. The van der Waals surface area contributed by atoms with E-state index in [0.717, 1.165) is 5.56 Å². The molecule has 0 spiro atoms. The molecule has 3 aromatic rings. The summed E-state index contributed by atoms with van der Waals surface area (Å²) in [4.78, 5) is 23.4. The van der Waals surface area contributed by atoms with Crippen molar-refractivity contribution in [2.75, 3.05) is 5.32 Å². The summed E-state index contributed by atoms with van der Waals surface area (Å²) in [7, 11) is 0. The van der Waals surface area contributed by atoms with E-state index in [1.165, 1.54) is 36.4 Å². The minimum Gasteiger partial charge on any atom is -0.488 e. The first-order chi connectivity index (χ1) is 15.0. The highest BCUT2D eigenvalue weighted by Crippen LogP contribution is 2.23. The van der Waals surface area contributed by atoms with E-state index in [1.807, 2.05) is 6.07 Å². The number of halogens is 1. The molecule has 0 saturated carbocycles. The number of aromatic carboxylic acids is 1. The molecule has 1 amide bonds. The van der Waals surface area contributed by atoms with Crippen molar-refractivity contribution in [1.82, 2.24) is 0 Å². The number of hydrogen-bond donors (Lipinski definition) is 2. The lowest BCUT2D eigenvalue weighted by atomic mass is 10.1. The monoisotopic (exact) mass is 416 g/mol. The Morgan fingerprint density at radius 1 is 1.03 bits per heavy atom. The van der Waals surface area contributed by atoms with Crippen LogP contribution in [0, 0.1) is 17.1 Å². The first-order valence-electron chi connectivity index (χ1n) is 9.19. The minimum atomic E-state index is -1.01.